The molecule has 2 rings (SSSR count). The molecule has 188 valence electrons. The number of para-hydroxylation sites is 1. The van der Waals surface area contributed by atoms with Gasteiger partial charge in [-0.1, -0.05) is 67.8 Å². The molecule has 0 saturated carbocycles. The fourth-order valence-electron chi connectivity index (χ4n) is 3.20. The van der Waals surface area contributed by atoms with Crippen molar-refractivity contribution in [1.82, 2.24) is 15.1 Å². The second-order valence-electron chi connectivity index (χ2n) is 8.03. The van der Waals surface area contributed by atoms with Crippen molar-refractivity contribution in [2.75, 3.05) is 26.0 Å². The summed E-state index contributed by atoms with van der Waals surface area (Å²) in [4.78, 5) is 40.7. The van der Waals surface area contributed by atoms with E-state index < -0.39 is 11.8 Å². The van der Waals surface area contributed by atoms with Crippen LogP contribution in [0, 0.1) is 0 Å². The molecule has 3 amide bonds. The number of rotatable bonds is 11. The molecule has 2 aromatic rings. The first-order valence-corrected chi connectivity index (χ1v) is 11.2. The minimum Gasteiger partial charge on any atom is -0.505 e. The van der Waals surface area contributed by atoms with Crippen LogP contribution in [0.5, 0.6) is 5.75 Å². The Balaban J connectivity index is 2.42. The standard InChI is InChI=1S/C28H32N4O4/c1-6-12-21(7-2)17-29-25(28(36)32(20(3)33)19-22-13-9-8-10-14-22)18-30-24-16-11-15-23(26(24)34)27(35)31(4)5/h6-16,18,29-30,34H,1-2,17,19H2,3-5H3/b21-12+,25-18-. The van der Waals surface area contributed by atoms with Gasteiger partial charge in [-0.05, 0) is 23.3 Å². The Hall–Kier alpha value is -4.59. The highest BCUT2D eigenvalue weighted by Crippen LogP contribution is 2.28. The van der Waals surface area contributed by atoms with Crippen molar-refractivity contribution in [1.29, 1.82) is 0 Å². The van der Waals surface area contributed by atoms with Crippen LogP contribution >= 0.6 is 0 Å². The van der Waals surface area contributed by atoms with Gasteiger partial charge in [0.2, 0.25) is 5.91 Å². The molecule has 3 N–H and O–H groups in total. The average molecular weight is 489 g/mol. The molecule has 0 unspecified atom stereocenters. The van der Waals surface area contributed by atoms with E-state index in [1.54, 1.807) is 44.5 Å². The smallest absolute Gasteiger partial charge is 0.278 e. The van der Waals surface area contributed by atoms with Gasteiger partial charge in [-0.15, -0.1) is 0 Å². The van der Waals surface area contributed by atoms with Crippen molar-refractivity contribution in [3.8, 4) is 5.75 Å². The summed E-state index contributed by atoms with van der Waals surface area (Å²) < 4.78 is 0. The highest BCUT2D eigenvalue weighted by Gasteiger charge is 2.23. The number of amides is 3. The molecule has 0 aliphatic heterocycles. The third-order valence-corrected chi connectivity index (χ3v) is 5.16. The van der Waals surface area contributed by atoms with Crippen molar-refractivity contribution in [3.05, 3.63) is 109 Å². The second kappa shape index (κ2) is 13.3. The van der Waals surface area contributed by atoms with Crippen molar-refractivity contribution < 1.29 is 19.5 Å². The zero-order valence-electron chi connectivity index (χ0n) is 20.8. The Bertz CT molecular complexity index is 1180. The van der Waals surface area contributed by atoms with Crippen LogP contribution in [0.25, 0.3) is 0 Å². The van der Waals surface area contributed by atoms with Crippen LogP contribution in [0.15, 0.2) is 97.4 Å². The van der Waals surface area contributed by atoms with Crippen LogP contribution in [-0.2, 0) is 16.1 Å². The van der Waals surface area contributed by atoms with Crippen LogP contribution in [0.2, 0.25) is 0 Å². The van der Waals surface area contributed by atoms with E-state index in [0.29, 0.717) is 0 Å². The van der Waals surface area contributed by atoms with E-state index in [1.807, 2.05) is 30.3 Å². The first-order chi connectivity index (χ1) is 17.2. The molecule has 0 heterocycles. The number of nitrogens with one attached hydrogen (secondary N) is 2. The van der Waals surface area contributed by atoms with Gasteiger partial charge in [-0.2, -0.15) is 0 Å². The molecule has 8 nitrogen and oxygen atoms in total. The molecule has 0 aliphatic rings. The zero-order chi connectivity index (χ0) is 26.7. The summed E-state index contributed by atoms with van der Waals surface area (Å²) in [6.45, 7) is 9.07. The monoisotopic (exact) mass is 488 g/mol. The summed E-state index contributed by atoms with van der Waals surface area (Å²) in [5.74, 6) is -1.62. The molecule has 8 heteroatoms. The number of nitrogens with zero attached hydrogens (tertiary/aromatic N) is 2. The molecule has 0 bridgehead atoms. The van der Waals surface area contributed by atoms with Gasteiger partial charge >= 0.3 is 0 Å². The number of carbonyl (C=O) groups is 3. The largest absolute Gasteiger partial charge is 0.505 e. The average Bonchev–Trinajstić information content (AvgIpc) is 2.86. The van der Waals surface area contributed by atoms with Crippen molar-refractivity contribution in [2.45, 2.75) is 13.5 Å². The molecule has 0 fully saturated rings. The van der Waals surface area contributed by atoms with Crippen LogP contribution in [0.1, 0.15) is 22.8 Å². The highest BCUT2D eigenvalue weighted by molar-refractivity contribution is 6.03. The lowest BCUT2D eigenvalue weighted by molar-refractivity contribution is -0.142. The normalized spacial score (nSPS) is 11.3. The third kappa shape index (κ3) is 7.46. The zero-order valence-corrected chi connectivity index (χ0v) is 20.8. The molecule has 0 saturated heterocycles. The highest BCUT2D eigenvalue weighted by atomic mass is 16.3. The number of benzene rings is 2. The van der Waals surface area contributed by atoms with Gasteiger partial charge in [-0.25, -0.2) is 0 Å². The molecular weight excluding hydrogens is 456 g/mol. The number of allylic oxidation sites excluding steroid dienone is 2. The maximum absolute atomic E-state index is 13.5. The number of imide groups is 1. The van der Waals surface area contributed by atoms with E-state index in [0.717, 1.165) is 16.0 Å². The Labute approximate surface area is 211 Å². The fraction of sp³-hybridized carbons (Fsp3) is 0.179. The minimum absolute atomic E-state index is 0.0710. The van der Waals surface area contributed by atoms with Gasteiger partial charge in [0.05, 0.1) is 17.8 Å². The maximum Gasteiger partial charge on any atom is 0.278 e. The lowest BCUT2D eigenvalue weighted by Crippen LogP contribution is -2.39. The summed E-state index contributed by atoms with van der Waals surface area (Å²) in [6, 6.07) is 13.8. The summed E-state index contributed by atoms with van der Waals surface area (Å²) in [5.41, 5.74) is 1.96. The lowest BCUT2D eigenvalue weighted by Gasteiger charge is -2.22. The first kappa shape index (κ1) is 27.7. The number of phenolic OH excluding ortho intramolecular Hbond substituents is 1. The molecule has 0 spiro atoms. The summed E-state index contributed by atoms with van der Waals surface area (Å²) in [6.07, 6.45) is 6.32. The number of aromatic hydroxyl groups is 1. The molecular formula is C28H32N4O4. The van der Waals surface area contributed by atoms with E-state index in [4.69, 9.17) is 0 Å². The third-order valence-electron chi connectivity index (χ3n) is 5.16. The van der Waals surface area contributed by atoms with E-state index in [1.165, 1.54) is 24.1 Å². The predicted molar refractivity (Wildman–Crippen MR) is 142 cm³/mol. The fourth-order valence-corrected chi connectivity index (χ4v) is 3.20. The predicted octanol–water partition coefficient (Wildman–Crippen LogP) is 3.81. The molecule has 36 heavy (non-hydrogen) atoms. The van der Waals surface area contributed by atoms with Gasteiger partial charge in [0.15, 0.2) is 5.75 Å². The molecule has 0 aliphatic carbocycles. The topological polar surface area (TPSA) is 102 Å². The lowest BCUT2D eigenvalue weighted by atomic mass is 10.1. The number of hydrogen-bond acceptors (Lipinski definition) is 6. The van der Waals surface area contributed by atoms with Gasteiger partial charge in [0.25, 0.3) is 11.8 Å². The number of phenols is 1. The molecule has 0 aromatic heterocycles. The van der Waals surface area contributed by atoms with E-state index in [-0.39, 0.29) is 41.7 Å². The van der Waals surface area contributed by atoms with E-state index in [2.05, 4.69) is 23.8 Å². The molecule has 0 radical (unpaired) electrons. The van der Waals surface area contributed by atoms with Gasteiger partial charge in [-0.3, -0.25) is 19.3 Å². The molecule has 0 atom stereocenters. The SMILES string of the molecule is C=C/C=C(\C=C)CN/C(=C\Nc1cccc(C(=O)N(C)C)c1O)C(=O)N(Cc1ccccc1)C(C)=O. The number of anilines is 1. The Morgan fingerprint density at radius 1 is 1.03 bits per heavy atom. The van der Waals surface area contributed by atoms with Gasteiger partial charge < -0.3 is 20.6 Å². The van der Waals surface area contributed by atoms with Gasteiger partial charge in [0.1, 0.15) is 5.70 Å². The Morgan fingerprint density at radius 2 is 1.72 bits per heavy atom. The van der Waals surface area contributed by atoms with Crippen LogP contribution in [-0.4, -0.2) is 53.3 Å². The second-order valence-corrected chi connectivity index (χ2v) is 8.03. The Kier molecular flexibility index (Phi) is 10.2. The van der Waals surface area contributed by atoms with Crippen molar-refractivity contribution >= 4 is 23.4 Å². The van der Waals surface area contributed by atoms with Crippen molar-refractivity contribution in [2.24, 2.45) is 0 Å². The number of hydrogen-bond donors (Lipinski definition) is 3. The van der Waals surface area contributed by atoms with Gasteiger partial charge in [0, 0.05) is 33.8 Å². The van der Waals surface area contributed by atoms with Crippen molar-refractivity contribution in [3.63, 3.8) is 0 Å². The maximum atomic E-state index is 13.5. The number of carbonyl (C=O) groups excluding carboxylic acids is 3. The quantitative estimate of drug-likeness (QED) is 0.253. The van der Waals surface area contributed by atoms with E-state index in [9.17, 15) is 19.5 Å². The van der Waals surface area contributed by atoms with Crippen LogP contribution < -0.4 is 10.6 Å². The summed E-state index contributed by atoms with van der Waals surface area (Å²) in [5, 5.41) is 16.6. The van der Waals surface area contributed by atoms with Crippen LogP contribution in [0.4, 0.5) is 5.69 Å². The Morgan fingerprint density at radius 3 is 2.31 bits per heavy atom. The first-order valence-electron chi connectivity index (χ1n) is 11.2. The summed E-state index contributed by atoms with van der Waals surface area (Å²) in [7, 11) is 3.17. The van der Waals surface area contributed by atoms with E-state index >= 15 is 0 Å². The molecule has 2 aromatic carbocycles. The minimum atomic E-state index is -0.569. The summed E-state index contributed by atoms with van der Waals surface area (Å²) >= 11 is 0. The van der Waals surface area contributed by atoms with Crippen LogP contribution in [0.3, 0.4) is 0 Å².